The van der Waals surface area contributed by atoms with Crippen molar-refractivity contribution in [3.8, 4) is 0 Å². The second kappa shape index (κ2) is 8.08. The van der Waals surface area contributed by atoms with Crippen molar-refractivity contribution in [1.29, 1.82) is 0 Å². The van der Waals surface area contributed by atoms with E-state index in [0.717, 1.165) is 38.7 Å². The van der Waals surface area contributed by atoms with Gasteiger partial charge in [-0.25, -0.2) is 0 Å². The van der Waals surface area contributed by atoms with Crippen LogP contribution in [0.25, 0.3) is 0 Å². The molecule has 0 aromatic carbocycles. The van der Waals surface area contributed by atoms with E-state index in [1.54, 1.807) is 7.11 Å². The summed E-state index contributed by atoms with van der Waals surface area (Å²) in [5.41, 5.74) is 0. The van der Waals surface area contributed by atoms with Gasteiger partial charge in [0.2, 0.25) is 0 Å². The normalized spacial score (nSPS) is 18.0. The molecular weight excluding hydrogens is 190 g/mol. The van der Waals surface area contributed by atoms with Crippen molar-refractivity contribution in [2.24, 2.45) is 5.92 Å². The third-order valence-electron chi connectivity index (χ3n) is 2.78. The monoisotopic (exact) mass is 215 g/mol. The summed E-state index contributed by atoms with van der Waals surface area (Å²) >= 11 is 0. The van der Waals surface area contributed by atoms with Gasteiger partial charge in [-0.1, -0.05) is 6.92 Å². The molecule has 3 nitrogen and oxygen atoms in total. The number of hydrogen-bond donors (Lipinski definition) is 1. The molecule has 1 fully saturated rings. The van der Waals surface area contributed by atoms with E-state index >= 15 is 0 Å². The van der Waals surface area contributed by atoms with Gasteiger partial charge in [0, 0.05) is 26.4 Å². The van der Waals surface area contributed by atoms with Crippen LogP contribution in [0.15, 0.2) is 0 Å². The molecule has 0 saturated heterocycles. The molecule has 1 atom stereocenters. The average Bonchev–Trinajstić information content (AvgIpc) is 3.06. The van der Waals surface area contributed by atoms with Crippen LogP contribution in [0.2, 0.25) is 0 Å². The van der Waals surface area contributed by atoms with Crippen molar-refractivity contribution >= 4 is 0 Å². The van der Waals surface area contributed by atoms with Crippen LogP contribution in [0.1, 0.15) is 32.6 Å². The van der Waals surface area contributed by atoms with Gasteiger partial charge in [0.25, 0.3) is 0 Å². The third-order valence-corrected chi connectivity index (χ3v) is 2.78. The zero-order chi connectivity index (χ0) is 10.9. The summed E-state index contributed by atoms with van der Waals surface area (Å²) in [4.78, 5) is 0. The quantitative estimate of drug-likeness (QED) is 0.564. The Hall–Kier alpha value is -0.120. The van der Waals surface area contributed by atoms with Gasteiger partial charge in [-0.05, 0) is 38.1 Å². The predicted octanol–water partition coefficient (Wildman–Crippen LogP) is 1.82. The highest BCUT2D eigenvalue weighted by atomic mass is 16.5. The van der Waals surface area contributed by atoms with E-state index in [4.69, 9.17) is 9.47 Å². The first-order valence-electron chi connectivity index (χ1n) is 6.18. The Morgan fingerprint density at radius 3 is 2.73 bits per heavy atom. The molecule has 0 amide bonds. The minimum Gasteiger partial charge on any atom is -0.385 e. The van der Waals surface area contributed by atoms with Crippen LogP contribution in [0.3, 0.4) is 0 Å². The highest BCUT2D eigenvalue weighted by Crippen LogP contribution is 2.32. The molecule has 15 heavy (non-hydrogen) atoms. The zero-order valence-corrected chi connectivity index (χ0v) is 10.1. The van der Waals surface area contributed by atoms with Crippen LogP contribution >= 0.6 is 0 Å². The minimum absolute atomic E-state index is 0.590. The molecule has 1 aliphatic carbocycles. The van der Waals surface area contributed by atoms with E-state index < -0.39 is 0 Å². The number of ether oxygens (including phenoxy) is 2. The van der Waals surface area contributed by atoms with Crippen molar-refractivity contribution in [3.05, 3.63) is 0 Å². The third kappa shape index (κ3) is 6.13. The smallest absolute Gasteiger partial charge is 0.0622 e. The van der Waals surface area contributed by atoms with Crippen molar-refractivity contribution in [3.63, 3.8) is 0 Å². The first kappa shape index (κ1) is 12.9. The average molecular weight is 215 g/mol. The van der Waals surface area contributed by atoms with Crippen LogP contribution in [0.5, 0.6) is 0 Å². The Morgan fingerprint density at radius 1 is 1.33 bits per heavy atom. The first-order chi connectivity index (χ1) is 7.38. The molecule has 1 aliphatic rings. The number of hydrogen-bond acceptors (Lipinski definition) is 3. The summed E-state index contributed by atoms with van der Waals surface area (Å²) in [6.45, 7) is 5.81. The SMILES string of the molecule is CCCNC(COCCCOC)C1CC1. The molecule has 0 aromatic rings. The van der Waals surface area contributed by atoms with Crippen molar-refractivity contribution in [2.75, 3.05) is 33.5 Å². The lowest BCUT2D eigenvalue weighted by molar-refractivity contribution is 0.0833. The summed E-state index contributed by atoms with van der Waals surface area (Å²) in [5, 5.41) is 3.57. The fraction of sp³-hybridized carbons (Fsp3) is 1.00. The van der Waals surface area contributed by atoms with Crippen LogP contribution < -0.4 is 5.32 Å². The molecule has 0 spiro atoms. The topological polar surface area (TPSA) is 30.5 Å². The van der Waals surface area contributed by atoms with E-state index in [-0.39, 0.29) is 0 Å². The van der Waals surface area contributed by atoms with E-state index in [0.29, 0.717) is 6.04 Å². The highest BCUT2D eigenvalue weighted by Gasteiger charge is 2.30. The molecule has 0 bridgehead atoms. The highest BCUT2D eigenvalue weighted by molar-refractivity contribution is 4.86. The maximum Gasteiger partial charge on any atom is 0.0622 e. The van der Waals surface area contributed by atoms with Gasteiger partial charge in [-0.15, -0.1) is 0 Å². The Bertz CT molecular complexity index is 149. The molecule has 90 valence electrons. The van der Waals surface area contributed by atoms with Gasteiger partial charge in [0.05, 0.1) is 6.61 Å². The lowest BCUT2D eigenvalue weighted by atomic mass is 10.2. The van der Waals surface area contributed by atoms with Crippen LogP contribution in [-0.4, -0.2) is 39.5 Å². The van der Waals surface area contributed by atoms with Crippen molar-refractivity contribution < 1.29 is 9.47 Å². The van der Waals surface area contributed by atoms with E-state index in [9.17, 15) is 0 Å². The summed E-state index contributed by atoms with van der Waals surface area (Å²) in [6.07, 6.45) is 4.96. The van der Waals surface area contributed by atoms with Gasteiger partial charge in [0.15, 0.2) is 0 Å². The first-order valence-corrected chi connectivity index (χ1v) is 6.18. The number of rotatable bonds is 10. The fourth-order valence-corrected chi connectivity index (χ4v) is 1.71. The molecule has 0 aliphatic heterocycles. The number of nitrogens with one attached hydrogen (secondary N) is 1. The maximum atomic E-state index is 5.65. The Morgan fingerprint density at radius 2 is 2.13 bits per heavy atom. The predicted molar refractivity (Wildman–Crippen MR) is 62.1 cm³/mol. The minimum atomic E-state index is 0.590. The van der Waals surface area contributed by atoms with E-state index in [1.807, 2.05) is 0 Å². The Balaban J connectivity index is 1.98. The summed E-state index contributed by atoms with van der Waals surface area (Å²) < 4.78 is 10.6. The molecule has 1 saturated carbocycles. The second-order valence-electron chi connectivity index (χ2n) is 4.32. The van der Waals surface area contributed by atoms with Gasteiger partial charge in [-0.3, -0.25) is 0 Å². The van der Waals surface area contributed by atoms with E-state index in [1.165, 1.54) is 19.3 Å². The lowest BCUT2D eigenvalue weighted by Crippen LogP contribution is -2.36. The van der Waals surface area contributed by atoms with Gasteiger partial charge in [-0.2, -0.15) is 0 Å². The fourth-order valence-electron chi connectivity index (χ4n) is 1.71. The largest absolute Gasteiger partial charge is 0.385 e. The molecule has 0 heterocycles. The van der Waals surface area contributed by atoms with Crippen LogP contribution in [0.4, 0.5) is 0 Å². The van der Waals surface area contributed by atoms with Gasteiger partial charge in [0.1, 0.15) is 0 Å². The molecule has 0 aromatic heterocycles. The maximum absolute atomic E-state index is 5.65. The zero-order valence-electron chi connectivity index (χ0n) is 10.1. The molecule has 1 N–H and O–H groups in total. The van der Waals surface area contributed by atoms with Gasteiger partial charge < -0.3 is 14.8 Å². The standard InChI is InChI=1S/C12H25NO2/c1-3-7-13-12(11-5-6-11)10-15-9-4-8-14-2/h11-13H,3-10H2,1-2H3. The Labute approximate surface area is 93.5 Å². The van der Waals surface area contributed by atoms with Crippen LogP contribution in [0, 0.1) is 5.92 Å². The summed E-state index contributed by atoms with van der Waals surface area (Å²) in [6, 6.07) is 0.590. The molecule has 0 radical (unpaired) electrons. The summed E-state index contributed by atoms with van der Waals surface area (Å²) in [5.74, 6) is 0.874. The van der Waals surface area contributed by atoms with Crippen LogP contribution in [-0.2, 0) is 9.47 Å². The van der Waals surface area contributed by atoms with Gasteiger partial charge >= 0.3 is 0 Å². The summed E-state index contributed by atoms with van der Waals surface area (Å²) in [7, 11) is 1.73. The molecular formula is C12H25NO2. The molecule has 1 rings (SSSR count). The Kier molecular flexibility index (Phi) is 6.98. The van der Waals surface area contributed by atoms with Crippen molar-refractivity contribution in [2.45, 2.75) is 38.6 Å². The molecule has 3 heteroatoms. The number of methoxy groups -OCH3 is 1. The lowest BCUT2D eigenvalue weighted by Gasteiger charge is -2.17. The second-order valence-corrected chi connectivity index (χ2v) is 4.32. The van der Waals surface area contributed by atoms with Crippen molar-refractivity contribution in [1.82, 2.24) is 5.32 Å². The van der Waals surface area contributed by atoms with E-state index in [2.05, 4.69) is 12.2 Å². The molecule has 1 unspecified atom stereocenters.